The van der Waals surface area contributed by atoms with E-state index < -0.39 is 28.7 Å². The molecule has 1 aromatic carbocycles. The van der Waals surface area contributed by atoms with E-state index in [1.54, 1.807) is 17.7 Å². The summed E-state index contributed by atoms with van der Waals surface area (Å²) in [5.41, 5.74) is 1.20. The van der Waals surface area contributed by atoms with E-state index in [4.69, 9.17) is 16.3 Å². The van der Waals surface area contributed by atoms with Crippen LogP contribution < -0.4 is 21.1 Å². The highest BCUT2D eigenvalue weighted by molar-refractivity contribution is 6.33. The number of hydrogen-bond donors (Lipinski definition) is 2. The number of amides is 4. The van der Waals surface area contributed by atoms with E-state index >= 15 is 0 Å². The van der Waals surface area contributed by atoms with Crippen LogP contribution >= 0.6 is 11.6 Å². The molecule has 5 aliphatic rings. The second kappa shape index (κ2) is 15.2. The number of carbonyl (C=O) groups excluding carboxylic acids is 4. The van der Waals surface area contributed by atoms with Gasteiger partial charge in [-0.3, -0.25) is 44.3 Å². The van der Waals surface area contributed by atoms with Crippen LogP contribution in [0.25, 0.3) is 10.9 Å². The van der Waals surface area contributed by atoms with Gasteiger partial charge in [0.05, 0.1) is 39.5 Å². The lowest BCUT2D eigenvalue weighted by molar-refractivity contribution is -0.384. The number of benzene rings is 1. The zero-order valence-electron chi connectivity index (χ0n) is 31.3. The van der Waals surface area contributed by atoms with E-state index in [-0.39, 0.29) is 64.9 Å². The molecule has 4 atom stereocenters. The van der Waals surface area contributed by atoms with E-state index in [0.29, 0.717) is 55.8 Å². The van der Waals surface area contributed by atoms with E-state index in [9.17, 15) is 34.1 Å². The minimum atomic E-state index is -0.918. The molecule has 3 aliphatic heterocycles. The van der Waals surface area contributed by atoms with Crippen LogP contribution in [-0.4, -0.2) is 98.9 Å². The normalized spacial score (nSPS) is 27.1. The van der Waals surface area contributed by atoms with Crippen LogP contribution in [0, 0.1) is 27.9 Å². The Kier molecular flexibility index (Phi) is 10.3. The standard InChI is InChI=1S/C39H45ClN8O8/c1-44(24-16-26(17-24)56-25-5-6-27-28(18-25)39(53)47(38(27)52)31-8-9-33(49)42-37(31)51)20-21-11-13-46(14-12-21)36-32(48(54)55)19-29(40)35(43-36)41-23-4-7-30-22(15-23)3-10-34(50)45(30)2/h3-4,7,10,15,19,21,24-28,31H,5-6,8-9,11-14,16-18,20H2,1-2H3,(H,41,43)(H,42,49,51). The molecular weight excluding hydrogens is 744 g/mol. The number of aryl methyl sites for hydroxylation is 1. The van der Waals surface area contributed by atoms with Crippen LogP contribution in [0.2, 0.25) is 5.02 Å². The molecular formula is C39H45ClN8O8. The van der Waals surface area contributed by atoms with Gasteiger partial charge < -0.3 is 24.4 Å². The third kappa shape index (κ3) is 7.25. The number of nitrogens with one attached hydrogen (secondary N) is 2. The number of halogens is 1. The van der Waals surface area contributed by atoms with Gasteiger partial charge in [-0.15, -0.1) is 0 Å². The zero-order chi connectivity index (χ0) is 39.4. The molecule has 5 fully saturated rings. The first-order valence-corrected chi connectivity index (χ1v) is 19.8. The molecule has 4 unspecified atom stereocenters. The third-order valence-electron chi connectivity index (χ3n) is 12.5. The summed E-state index contributed by atoms with van der Waals surface area (Å²) >= 11 is 6.51. The number of carbonyl (C=O) groups is 4. The van der Waals surface area contributed by atoms with Gasteiger partial charge in [0.15, 0.2) is 5.82 Å². The Balaban J connectivity index is 0.821. The van der Waals surface area contributed by atoms with E-state index in [1.807, 2.05) is 23.1 Å². The van der Waals surface area contributed by atoms with Gasteiger partial charge >= 0.3 is 5.69 Å². The zero-order valence-corrected chi connectivity index (χ0v) is 32.1. The van der Waals surface area contributed by atoms with Gasteiger partial charge in [0.1, 0.15) is 6.04 Å². The molecule has 296 valence electrons. The molecule has 2 aliphatic carbocycles. The first-order valence-electron chi connectivity index (χ1n) is 19.4. The van der Waals surface area contributed by atoms with Crippen LogP contribution in [0.1, 0.15) is 57.8 Å². The summed E-state index contributed by atoms with van der Waals surface area (Å²) in [6.07, 6.45) is 5.35. The Morgan fingerprint density at radius 3 is 2.45 bits per heavy atom. The monoisotopic (exact) mass is 788 g/mol. The Morgan fingerprint density at radius 2 is 1.71 bits per heavy atom. The van der Waals surface area contributed by atoms with E-state index in [2.05, 4.69) is 27.6 Å². The van der Waals surface area contributed by atoms with Crippen molar-refractivity contribution in [2.75, 3.05) is 36.9 Å². The quantitative estimate of drug-likeness (QED) is 0.172. The smallest absolute Gasteiger partial charge is 0.313 e. The van der Waals surface area contributed by atoms with Crippen LogP contribution in [0.4, 0.5) is 23.0 Å². The molecule has 3 saturated heterocycles. The van der Waals surface area contributed by atoms with Crippen molar-refractivity contribution in [2.24, 2.45) is 24.8 Å². The van der Waals surface area contributed by atoms with Crippen LogP contribution in [-0.2, 0) is 31.0 Å². The summed E-state index contributed by atoms with van der Waals surface area (Å²) in [6, 6.07) is 9.55. The van der Waals surface area contributed by atoms with Crippen molar-refractivity contribution in [3.8, 4) is 0 Å². The van der Waals surface area contributed by atoms with Gasteiger partial charge in [-0.2, -0.15) is 0 Å². The molecule has 17 heteroatoms. The number of rotatable bonds is 10. The highest BCUT2D eigenvalue weighted by atomic mass is 35.5. The van der Waals surface area contributed by atoms with Gasteiger partial charge in [0.2, 0.25) is 29.4 Å². The largest absolute Gasteiger partial charge is 0.375 e. The number of ether oxygens (including phenoxy) is 1. The highest BCUT2D eigenvalue weighted by Gasteiger charge is 2.54. The predicted molar refractivity (Wildman–Crippen MR) is 206 cm³/mol. The number of anilines is 3. The summed E-state index contributed by atoms with van der Waals surface area (Å²) in [4.78, 5) is 84.4. The predicted octanol–water partition coefficient (Wildman–Crippen LogP) is 3.89. The average molecular weight is 789 g/mol. The number of likely N-dealkylation sites (tertiary alicyclic amines) is 1. The summed E-state index contributed by atoms with van der Waals surface area (Å²) in [5.74, 6) is -1.53. The van der Waals surface area contributed by atoms with E-state index in [0.717, 1.165) is 48.0 Å². The molecule has 56 heavy (non-hydrogen) atoms. The molecule has 3 aromatic rings. The number of nitrogens with zero attached hydrogens (tertiary/aromatic N) is 6. The lowest BCUT2D eigenvalue weighted by Crippen LogP contribution is -2.54. The minimum absolute atomic E-state index is 0.0759. The van der Waals surface area contributed by atoms with Crippen LogP contribution in [0.3, 0.4) is 0 Å². The van der Waals surface area contributed by atoms with Crippen molar-refractivity contribution in [1.82, 2.24) is 24.7 Å². The molecule has 4 amide bonds. The van der Waals surface area contributed by atoms with Crippen molar-refractivity contribution in [2.45, 2.75) is 82.1 Å². The summed E-state index contributed by atoms with van der Waals surface area (Å²) in [7, 11) is 3.84. The van der Waals surface area contributed by atoms with Crippen molar-refractivity contribution in [1.29, 1.82) is 0 Å². The van der Waals surface area contributed by atoms with Crippen LogP contribution in [0.15, 0.2) is 41.2 Å². The number of piperidine rings is 2. The Morgan fingerprint density at radius 1 is 0.964 bits per heavy atom. The molecule has 2 N–H and O–H groups in total. The SMILES string of the molecule is CN(CC1CCN(c2nc(Nc3ccc4c(ccc(=O)n4C)c3)c(Cl)cc2[N+](=O)[O-])CC1)C1CC(OC2CCC3C(=O)N(C4CCC(=O)NC4=O)C(=O)C3C2)C1. The second-order valence-electron chi connectivity index (χ2n) is 16.0. The number of fused-ring (bicyclic) bond motifs is 2. The number of aromatic nitrogens is 2. The maximum Gasteiger partial charge on any atom is 0.313 e. The average Bonchev–Trinajstić information content (AvgIpc) is 3.40. The van der Waals surface area contributed by atoms with Crippen LogP contribution in [0.5, 0.6) is 0 Å². The Labute approximate surface area is 327 Å². The lowest BCUT2D eigenvalue weighted by atomic mass is 9.79. The molecule has 2 aromatic heterocycles. The van der Waals surface area contributed by atoms with Gasteiger partial charge in [-0.1, -0.05) is 11.6 Å². The first-order chi connectivity index (χ1) is 26.8. The fourth-order valence-electron chi connectivity index (χ4n) is 9.21. The Bertz CT molecular complexity index is 2170. The topological polar surface area (TPSA) is 189 Å². The molecule has 0 bridgehead atoms. The third-order valence-corrected chi connectivity index (χ3v) is 12.8. The summed E-state index contributed by atoms with van der Waals surface area (Å²) in [6.45, 7) is 2.11. The number of pyridine rings is 2. The van der Waals surface area contributed by atoms with Gasteiger partial charge in [0.25, 0.3) is 5.56 Å². The van der Waals surface area contributed by atoms with E-state index in [1.165, 1.54) is 12.1 Å². The number of nitro groups is 1. The number of imide groups is 2. The van der Waals surface area contributed by atoms with Crippen molar-refractivity contribution in [3.63, 3.8) is 0 Å². The van der Waals surface area contributed by atoms with Gasteiger partial charge in [-0.25, -0.2) is 4.98 Å². The molecule has 2 saturated carbocycles. The molecule has 0 spiro atoms. The second-order valence-corrected chi connectivity index (χ2v) is 16.4. The molecule has 5 heterocycles. The van der Waals surface area contributed by atoms with Crippen molar-refractivity contribution < 1.29 is 28.8 Å². The van der Waals surface area contributed by atoms with Gasteiger partial charge in [-0.05, 0) is 88.6 Å². The van der Waals surface area contributed by atoms with Gasteiger partial charge in [0, 0.05) is 62.4 Å². The molecule has 8 rings (SSSR count). The number of hydrogen-bond acceptors (Lipinski definition) is 12. The first kappa shape index (κ1) is 38.0. The molecule has 16 nitrogen and oxygen atoms in total. The summed E-state index contributed by atoms with van der Waals surface area (Å²) < 4.78 is 8.02. The minimum Gasteiger partial charge on any atom is -0.375 e. The highest BCUT2D eigenvalue weighted by Crippen LogP contribution is 2.43. The fraction of sp³-hybridized carbons (Fsp3) is 0.538. The Hall–Kier alpha value is -4.93. The lowest BCUT2D eigenvalue weighted by Gasteiger charge is -2.45. The maximum atomic E-state index is 13.3. The molecule has 0 radical (unpaired) electrons. The van der Waals surface area contributed by atoms with Crippen molar-refractivity contribution in [3.05, 3.63) is 61.9 Å². The van der Waals surface area contributed by atoms with Crippen molar-refractivity contribution >= 4 is 69.1 Å². The summed E-state index contributed by atoms with van der Waals surface area (Å²) in [5, 5.41) is 18.5. The fourth-order valence-corrected chi connectivity index (χ4v) is 9.41. The maximum absolute atomic E-state index is 13.3.